The molecule has 0 saturated heterocycles. The van der Waals surface area contributed by atoms with Gasteiger partial charge in [-0.3, -0.25) is 4.98 Å². The molecule has 144 valence electrons. The Morgan fingerprint density at radius 3 is 2.14 bits per heavy atom. The van der Waals surface area contributed by atoms with Crippen LogP contribution in [0.2, 0.25) is 0 Å². The maximum absolute atomic E-state index is 6.16. The minimum Gasteiger partial charge on any atom is -0.492 e. The minimum absolute atomic E-state index is 0.267. The van der Waals surface area contributed by atoms with Crippen LogP contribution in [0.25, 0.3) is 0 Å². The normalized spacial score (nSPS) is 17.4. The van der Waals surface area contributed by atoms with Crippen molar-refractivity contribution in [3.63, 3.8) is 0 Å². The molecule has 0 spiro atoms. The third-order valence-corrected chi connectivity index (χ3v) is 7.63. The molecule has 0 aliphatic heterocycles. The molecule has 0 fully saturated rings. The lowest BCUT2D eigenvalue weighted by Gasteiger charge is -2.30. The average molecular weight is 397 g/mol. The highest BCUT2D eigenvalue weighted by molar-refractivity contribution is 7.74. The molecular weight excluding hydrogens is 373 g/mol. The summed E-state index contributed by atoms with van der Waals surface area (Å²) >= 11 is 0. The van der Waals surface area contributed by atoms with E-state index in [-0.39, 0.29) is 5.66 Å². The Balaban J connectivity index is 1.69. The molecule has 2 aromatic carbocycles. The van der Waals surface area contributed by atoms with Gasteiger partial charge in [0.05, 0.1) is 11.5 Å². The summed E-state index contributed by atoms with van der Waals surface area (Å²) in [5, 5.41) is 2.74. The number of benzene rings is 2. The zero-order chi connectivity index (χ0) is 19.9. The lowest BCUT2D eigenvalue weighted by molar-refractivity contribution is 0.194. The second-order valence-electron chi connectivity index (χ2n) is 6.85. The number of pyridine rings is 1. The van der Waals surface area contributed by atoms with E-state index >= 15 is 0 Å². The lowest BCUT2D eigenvalue weighted by atomic mass is 10.1. The van der Waals surface area contributed by atoms with Gasteiger partial charge < -0.3 is 4.74 Å². The highest BCUT2D eigenvalue weighted by Crippen LogP contribution is 2.46. The molecule has 1 unspecified atom stereocenters. The van der Waals surface area contributed by atoms with Crippen molar-refractivity contribution in [2.24, 2.45) is 0 Å². The molecule has 1 aliphatic rings. The van der Waals surface area contributed by atoms with Crippen molar-refractivity contribution in [3.05, 3.63) is 126 Å². The maximum atomic E-state index is 6.16. The number of ether oxygens (including phenoxy) is 1. The van der Waals surface area contributed by atoms with Crippen molar-refractivity contribution in [1.29, 1.82) is 0 Å². The summed E-state index contributed by atoms with van der Waals surface area (Å²) in [7, 11) is -0.597. The summed E-state index contributed by atoms with van der Waals surface area (Å²) in [4.78, 5) is 4.37. The van der Waals surface area contributed by atoms with Crippen LogP contribution in [-0.4, -0.2) is 10.6 Å². The van der Waals surface area contributed by atoms with Gasteiger partial charge in [-0.2, -0.15) is 0 Å². The fourth-order valence-corrected chi connectivity index (χ4v) is 6.22. The van der Waals surface area contributed by atoms with E-state index in [0.717, 1.165) is 11.5 Å². The van der Waals surface area contributed by atoms with Crippen molar-refractivity contribution in [2.75, 3.05) is 0 Å². The highest BCUT2D eigenvalue weighted by Gasteiger charge is 2.27. The van der Waals surface area contributed by atoms with Gasteiger partial charge in [0.15, 0.2) is 0 Å². The van der Waals surface area contributed by atoms with Crippen LogP contribution in [-0.2, 0) is 11.3 Å². The van der Waals surface area contributed by atoms with Gasteiger partial charge >= 0.3 is 0 Å². The maximum Gasteiger partial charge on any atom is 0.130 e. The molecule has 2 nitrogen and oxygen atoms in total. The van der Waals surface area contributed by atoms with E-state index in [1.807, 2.05) is 18.2 Å². The Morgan fingerprint density at radius 1 is 0.862 bits per heavy atom. The van der Waals surface area contributed by atoms with Crippen LogP contribution in [0.5, 0.6) is 0 Å². The standard InChI is InChI=1S/C26H24NOP/c1-21(28-20-22-12-10-11-19-27-22)25-17-8-9-18-26(25)29(23-13-4-2-5-14-23)24-15-6-3-7-16-24/h2-19,26H,20H2,1H3/b25-21+. The van der Waals surface area contributed by atoms with E-state index in [0.29, 0.717) is 6.61 Å². The quantitative estimate of drug-likeness (QED) is 0.405. The van der Waals surface area contributed by atoms with Crippen LogP contribution >= 0.6 is 7.92 Å². The average Bonchev–Trinajstić information content (AvgIpc) is 2.80. The molecule has 0 amide bonds. The Labute approximate surface area is 174 Å². The van der Waals surface area contributed by atoms with Gasteiger partial charge in [0, 0.05) is 17.4 Å². The first kappa shape index (κ1) is 19.4. The summed E-state index contributed by atoms with van der Waals surface area (Å²) < 4.78 is 6.16. The Bertz CT molecular complexity index is 971. The van der Waals surface area contributed by atoms with Gasteiger partial charge in [-0.15, -0.1) is 0 Å². The third-order valence-electron chi connectivity index (χ3n) is 4.92. The van der Waals surface area contributed by atoms with Crippen molar-refractivity contribution in [2.45, 2.75) is 19.2 Å². The number of rotatable bonds is 6. The van der Waals surface area contributed by atoms with Gasteiger partial charge in [0.2, 0.25) is 0 Å². The molecule has 4 rings (SSSR count). The van der Waals surface area contributed by atoms with Crippen LogP contribution < -0.4 is 10.6 Å². The monoisotopic (exact) mass is 397 g/mol. The molecular formula is C26H24NOP. The smallest absolute Gasteiger partial charge is 0.130 e. The first-order valence-electron chi connectivity index (χ1n) is 9.80. The Hall–Kier alpha value is -2.96. The third kappa shape index (κ3) is 4.72. The van der Waals surface area contributed by atoms with E-state index in [1.54, 1.807) is 6.20 Å². The van der Waals surface area contributed by atoms with E-state index in [2.05, 4.69) is 96.9 Å². The Morgan fingerprint density at radius 2 is 1.52 bits per heavy atom. The molecule has 0 bridgehead atoms. The first-order valence-corrected chi connectivity index (χ1v) is 11.2. The molecule has 0 N–H and O–H groups in total. The van der Waals surface area contributed by atoms with E-state index in [1.165, 1.54) is 16.2 Å². The molecule has 0 radical (unpaired) electrons. The Kier molecular flexibility index (Phi) is 6.34. The zero-order valence-corrected chi connectivity index (χ0v) is 17.4. The number of allylic oxidation sites excluding steroid dienone is 6. The molecule has 3 heteroatoms. The predicted octanol–water partition coefficient (Wildman–Crippen LogP) is 5.50. The predicted molar refractivity (Wildman–Crippen MR) is 123 cm³/mol. The molecule has 3 aromatic rings. The molecule has 0 saturated carbocycles. The van der Waals surface area contributed by atoms with E-state index < -0.39 is 7.92 Å². The molecule has 29 heavy (non-hydrogen) atoms. The number of aromatic nitrogens is 1. The van der Waals surface area contributed by atoms with Crippen LogP contribution in [0.15, 0.2) is 121 Å². The molecule has 1 heterocycles. The van der Waals surface area contributed by atoms with Gasteiger partial charge in [0.1, 0.15) is 6.61 Å². The van der Waals surface area contributed by atoms with Crippen LogP contribution in [0, 0.1) is 0 Å². The van der Waals surface area contributed by atoms with Crippen LogP contribution in [0.3, 0.4) is 0 Å². The van der Waals surface area contributed by atoms with Gasteiger partial charge in [0.25, 0.3) is 0 Å². The minimum atomic E-state index is -0.597. The van der Waals surface area contributed by atoms with Crippen molar-refractivity contribution in [3.8, 4) is 0 Å². The number of nitrogens with zero attached hydrogens (tertiary/aromatic N) is 1. The van der Waals surface area contributed by atoms with Crippen molar-refractivity contribution in [1.82, 2.24) is 4.98 Å². The van der Waals surface area contributed by atoms with Gasteiger partial charge in [-0.05, 0) is 37.6 Å². The van der Waals surface area contributed by atoms with Gasteiger partial charge in [-0.25, -0.2) is 0 Å². The van der Waals surface area contributed by atoms with E-state index in [9.17, 15) is 0 Å². The zero-order valence-electron chi connectivity index (χ0n) is 16.5. The van der Waals surface area contributed by atoms with Gasteiger partial charge in [-0.1, -0.05) is 91.0 Å². The van der Waals surface area contributed by atoms with Crippen LogP contribution in [0.4, 0.5) is 0 Å². The SMILES string of the molecule is C/C(OCc1ccccn1)=C1/C=CC=CC1P(c1ccccc1)c1ccccc1. The number of hydrogen-bond donors (Lipinski definition) is 0. The number of hydrogen-bond acceptors (Lipinski definition) is 2. The lowest BCUT2D eigenvalue weighted by Crippen LogP contribution is -2.23. The van der Waals surface area contributed by atoms with E-state index in [4.69, 9.17) is 4.74 Å². The summed E-state index contributed by atoms with van der Waals surface area (Å²) in [5.41, 5.74) is 2.44. The largest absolute Gasteiger partial charge is 0.492 e. The molecule has 1 atom stereocenters. The summed E-state index contributed by atoms with van der Waals surface area (Å²) in [6, 6.07) is 27.6. The second kappa shape index (κ2) is 9.49. The first-order chi connectivity index (χ1) is 14.3. The fraction of sp³-hybridized carbons (Fsp3) is 0.115. The fourth-order valence-electron chi connectivity index (χ4n) is 3.48. The second-order valence-corrected chi connectivity index (χ2v) is 9.18. The van der Waals surface area contributed by atoms with Crippen molar-refractivity contribution >= 4 is 18.5 Å². The molecule has 1 aromatic heterocycles. The highest BCUT2D eigenvalue weighted by atomic mass is 31.1. The summed E-state index contributed by atoms with van der Waals surface area (Å²) in [5.74, 6) is 0.959. The topological polar surface area (TPSA) is 22.1 Å². The summed E-state index contributed by atoms with van der Waals surface area (Å²) in [6.07, 6.45) is 10.6. The summed E-state index contributed by atoms with van der Waals surface area (Å²) in [6.45, 7) is 2.55. The van der Waals surface area contributed by atoms with Crippen molar-refractivity contribution < 1.29 is 4.74 Å². The molecule has 1 aliphatic carbocycles. The van der Waals surface area contributed by atoms with Crippen LogP contribution in [0.1, 0.15) is 12.6 Å².